The van der Waals surface area contributed by atoms with E-state index in [1.165, 1.54) is 50.1 Å². The molecule has 2 heterocycles. The molecular formula is C35H45ClN2. The second-order valence-corrected chi connectivity index (χ2v) is 10.9. The number of nitrogens with zero attached hydrogens (tertiary/aromatic N) is 2. The normalized spacial score (nSPS) is 20.8. The molecule has 2 fully saturated rings. The van der Waals surface area contributed by atoms with Crippen molar-refractivity contribution in [1.29, 1.82) is 0 Å². The van der Waals surface area contributed by atoms with Gasteiger partial charge >= 0.3 is 0 Å². The second-order valence-electron chi connectivity index (χ2n) is 10.5. The summed E-state index contributed by atoms with van der Waals surface area (Å²) in [5.74, 6) is 2.22. The van der Waals surface area contributed by atoms with Crippen LogP contribution in [0.2, 0.25) is 5.02 Å². The van der Waals surface area contributed by atoms with E-state index in [0.29, 0.717) is 6.04 Å². The van der Waals surface area contributed by atoms with Gasteiger partial charge in [0.1, 0.15) is 0 Å². The maximum atomic E-state index is 6.39. The zero-order valence-corrected chi connectivity index (χ0v) is 24.0. The van der Waals surface area contributed by atoms with Crippen LogP contribution >= 0.6 is 11.6 Å². The molecule has 2 nitrogen and oxygen atoms in total. The Kier molecular flexibility index (Phi) is 12.9. The lowest BCUT2D eigenvalue weighted by atomic mass is 9.85. The van der Waals surface area contributed by atoms with Crippen molar-refractivity contribution in [3.8, 4) is 0 Å². The molecule has 5 rings (SSSR count). The van der Waals surface area contributed by atoms with Crippen LogP contribution in [0.25, 0.3) is 0 Å². The highest BCUT2D eigenvalue weighted by molar-refractivity contribution is 6.31. The van der Waals surface area contributed by atoms with Crippen LogP contribution in [-0.4, -0.2) is 42.0 Å². The first kappa shape index (κ1) is 29.9. The van der Waals surface area contributed by atoms with E-state index < -0.39 is 0 Å². The molecule has 3 aromatic rings. The van der Waals surface area contributed by atoms with Crippen molar-refractivity contribution in [1.82, 2.24) is 9.80 Å². The van der Waals surface area contributed by atoms with Crippen LogP contribution < -0.4 is 0 Å². The van der Waals surface area contributed by atoms with Crippen LogP contribution in [0.3, 0.4) is 0 Å². The van der Waals surface area contributed by atoms with E-state index >= 15 is 0 Å². The standard InChI is InChI=1S/C25H33ClN2.C6H6.C4H6/c1-19-16-27(17-23-10-6-7-11-25(23)26)18-24(19)20(2)28-14-12-22(13-15-28)21-8-4-3-5-9-21;1-2-4-6-5-3-1;1-3-4-2/h3-11,19-20,22,24H,12-18H2,1-2H3;1-6H;3-4H,1-2H2. The van der Waals surface area contributed by atoms with Crippen molar-refractivity contribution in [3.63, 3.8) is 0 Å². The Morgan fingerprint density at radius 1 is 0.816 bits per heavy atom. The largest absolute Gasteiger partial charge is 0.300 e. The Hall–Kier alpha value is -2.65. The Labute approximate surface area is 236 Å². The molecule has 0 N–H and O–H groups in total. The quantitative estimate of drug-likeness (QED) is 0.295. The van der Waals surface area contributed by atoms with Crippen molar-refractivity contribution in [2.24, 2.45) is 11.8 Å². The van der Waals surface area contributed by atoms with Gasteiger partial charge in [0.05, 0.1) is 0 Å². The van der Waals surface area contributed by atoms with Crippen molar-refractivity contribution in [2.45, 2.75) is 45.2 Å². The first-order chi connectivity index (χ1) is 18.5. The number of hydrogen-bond acceptors (Lipinski definition) is 2. The number of rotatable bonds is 6. The van der Waals surface area contributed by atoms with Crippen LogP contribution in [0.5, 0.6) is 0 Å². The molecule has 202 valence electrons. The van der Waals surface area contributed by atoms with Crippen molar-refractivity contribution < 1.29 is 0 Å². The Balaban J connectivity index is 0.000000338. The zero-order chi connectivity index (χ0) is 27.2. The molecule has 2 aliphatic rings. The van der Waals surface area contributed by atoms with Crippen LogP contribution in [0.15, 0.2) is 116 Å². The molecule has 3 unspecified atom stereocenters. The third kappa shape index (κ3) is 9.27. The van der Waals surface area contributed by atoms with Gasteiger partial charge < -0.3 is 4.90 Å². The Morgan fingerprint density at radius 3 is 1.89 bits per heavy atom. The van der Waals surface area contributed by atoms with Gasteiger partial charge in [0, 0.05) is 30.7 Å². The van der Waals surface area contributed by atoms with E-state index in [4.69, 9.17) is 11.6 Å². The summed E-state index contributed by atoms with van der Waals surface area (Å²) in [4.78, 5) is 5.35. The molecule has 2 saturated heterocycles. The summed E-state index contributed by atoms with van der Waals surface area (Å²) < 4.78 is 0. The number of likely N-dealkylation sites (tertiary alicyclic amines) is 2. The van der Waals surface area contributed by atoms with Crippen molar-refractivity contribution in [2.75, 3.05) is 26.2 Å². The van der Waals surface area contributed by atoms with E-state index in [1.807, 2.05) is 48.5 Å². The minimum atomic E-state index is 0.656. The maximum absolute atomic E-state index is 6.39. The predicted molar refractivity (Wildman–Crippen MR) is 166 cm³/mol. The number of hydrogen-bond donors (Lipinski definition) is 0. The molecule has 2 aliphatic heterocycles. The van der Waals surface area contributed by atoms with Gasteiger partial charge in [0.25, 0.3) is 0 Å². The lowest BCUT2D eigenvalue weighted by Crippen LogP contribution is -2.45. The molecular weight excluding hydrogens is 484 g/mol. The lowest BCUT2D eigenvalue weighted by Gasteiger charge is -2.39. The molecule has 0 aromatic heterocycles. The molecule has 3 atom stereocenters. The summed E-state index contributed by atoms with van der Waals surface area (Å²) in [6.45, 7) is 17.4. The number of halogens is 1. The number of piperidine rings is 1. The zero-order valence-electron chi connectivity index (χ0n) is 23.3. The topological polar surface area (TPSA) is 6.48 Å². The van der Waals surface area contributed by atoms with Crippen molar-refractivity contribution >= 4 is 11.6 Å². The average molecular weight is 529 g/mol. The van der Waals surface area contributed by atoms with Gasteiger partial charge in [0.2, 0.25) is 0 Å². The van der Waals surface area contributed by atoms with Gasteiger partial charge in [-0.2, -0.15) is 0 Å². The summed E-state index contributed by atoms with van der Waals surface area (Å²) in [6, 6.07) is 32.0. The fourth-order valence-corrected chi connectivity index (χ4v) is 5.94. The van der Waals surface area contributed by atoms with E-state index in [1.54, 1.807) is 12.2 Å². The maximum Gasteiger partial charge on any atom is 0.0451 e. The average Bonchev–Trinajstić information content (AvgIpc) is 3.35. The smallest absolute Gasteiger partial charge is 0.0451 e. The summed E-state index contributed by atoms with van der Waals surface area (Å²) in [5.41, 5.74) is 2.78. The summed E-state index contributed by atoms with van der Waals surface area (Å²) in [5, 5.41) is 0.898. The molecule has 0 spiro atoms. The molecule has 0 aliphatic carbocycles. The SMILES string of the molecule is C=CC=C.CC1CN(Cc2ccccc2Cl)CC1C(C)N1CCC(c2ccccc2)CC1.c1ccccc1. The van der Waals surface area contributed by atoms with E-state index in [2.05, 4.69) is 79.3 Å². The highest BCUT2D eigenvalue weighted by Crippen LogP contribution is 2.34. The van der Waals surface area contributed by atoms with E-state index in [0.717, 1.165) is 29.3 Å². The molecule has 38 heavy (non-hydrogen) atoms. The Morgan fingerprint density at radius 2 is 1.34 bits per heavy atom. The first-order valence-corrected chi connectivity index (χ1v) is 14.4. The Bertz CT molecular complexity index is 1030. The minimum Gasteiger partial charge on any atom is -0.300 e. The van der Waals surface area contributed by atoms with Gasteiger partial charge in [-0.1, -0.05) is 129 Å². The van der Waals surface area contributed by atoms with Gasteiger partial charge in [-0.25, -0.2) is 0 Å². The van der Waals surface area contributed by atoms with Gasteiger partial charge in [-0.05, 0) is 67.8 Å². The molecule has 0 amide bonds. The van der Waals surface area contributed by atoms with E-state index in [9.17, 15) is 0 Å². The van der Waals surface area contributed by atoms with Gasteiger partial charge in [-0.15, -0.1) is 0 Å². The molecule has 3 aromatic carbocycles. The third-order valence-corrected chi connectivity index (χ3v) is 8.30. The lowest BCUT2D eigenvalue weighted by molar-refractivity contribution is 0.109. The van der Waals surface area contributed by atoms with Gasteiger partial charge in [0.15, 0.2) is 0 Å². The predicted octanol–water partition coefficient (Wildman–Crippen LogP) is 8.72. The van der Waals surface area contributed by atoms with Crippen LogP contribution in [0, 0.1) is 11.8 Å². The van der Waals surface area contributed by atoms with Crippen LogP contribution in [0.1, 0.15) is 43.7 Å². The monoisotopic (exact) mass is 528 g/mol. The highest BCUT2D eigenvalue weighted by Gasteiger charge is 2.37. The first-order valence-electron chi connectivity index (χ1n) is 14.0. The fourth-order valence-electron chi connectivity index (χ4n) is 5.74. The summed E-state index contributed by atoms with van der Waals surface area (Å²) in [7, 11) is 0. The summed E-state index contributed by atoms with van der Waals surface area (Å²) >= 11 is 6.39. The van der Waals surface area contributed by atoms with E-state index in [-0.39, 0.29) is 0 Å². The number of allylic oxidation sites excluding steroid dienone is 2. The molecule has 0 bridgehead atoms. The fraction of sp³-hybridized carbons (Fsp3) is 0.371. The molecule has 0 radical (unpaired) electrons. The molecule has 0 saturated carbocycles. The third-order valence-electron chi connectivity index (χ3n) is 7.93. The minimum absolute atomic E-state index is 0.656. The molecule has 3 heteroatoms. The highest BCUT2D eigenvalue weighted by atomic mass is 35.5. The van der Waals surface area contributed by atoms with Crippen LogP contribution in [0.4, 0.5) is 0 Å². The summed E-state index contributed by atoms with van der Waals surface area (Å²) in [6.07, 6.45) is 5.86. The second kappa shape index (κ2) is 16.3. The van der Waals surface area contributed by atoms with Gasteiger partial charge in [-0.3, -0.25) is 4.90 Å². The number of benzene rings is 3. The van der Waals surface area contributed by atoms with Crippen LogP contribution in [-0.2, 0) is 6.54 Å². The van der Waals surface area contributed by atoms with Crippen molar-refractivity contribution in [3.05, 3.63) is 132 Å².